The van der Waals surface area contributed by atoms with E-state index in [0.717, 1.165) is 16.7 Å². The van der Waals surface area contributed by atoms with Gasteiger partial charge >= 0.3 is 5.97 Å². The first-order chi connectivity index (χ1) is 15.3. The lowest BCUT2D eigenvalue weighted by molar-refractivity contribution is -0.138. The van der Waals surface area contributed by atoms with Crippen molar-refractivity contribution in [3.05, 3.63) is 58.4 Å². The zero-order valence-electron chi connectivity index (χ0n) is 18.0. The molecule has 164 valence electrons. The molecular weight excluding hydrogens is 410 g/mol. The van der Waals surface area contributed by atoms with Gasteiger partial charge in [-0.25, -0.2) is 10.1 Å². The number of aromatic nitrogens is 5. The van der Waals surface area contributed by atoms with E-state index < -0.39 is 11.4 Å². The van der Waals surface area contributed by atoms with E-state index in [0.29, 0.717) is 29.4 Å². The van der Waals surface area contributed by atoms with Crippen LogP contribution in [-0.4, -0.2) is 43.1 Å². The molecule has 0 bridgehead atoms. The zero-order valence-corrected chi connectivity index (χ0v) is 18.0. The van der Waals surface area contributed by atoms with Gasteiger partial charge in [-0.05, 0) is 35.7 Å². The third-order valence-corrected chi connectivity index (χ3v) is 5.33. The molecule has 0 saturated carbocycles. The van der Waals surface area contributed by atoms with Crippen LogP contribution in [0.25, 0.3) is 33.7 Å². The molecule has 0 aliphatic rings. The topological polar surface area (TPSA) is 134 Å². The molecule has 0 atom stereocenters. The fourth-order valence-corrected chi connectivity index (χ4v) is 3.65. The summed E-state index contributed by atoms with van der Waals surface area (Å²) in [6.07, 6.45) is 0.0525. The van der Waals surface area contributed by atoms with Crippen molar-refractivity contribution < 1.29 is 14.6 Å². The molecule has 2 heterocycles. The molecule has 0 aliphatic carbocycles. The molecule has 0 unspecified atom stereocenters. The van der Waals surface area contributed by atoms with E-state index in [1.807, 2.05) is 63.2 Å². The smallest absolute Gasteiger partial charge is 0.304 e. The number of ether oxygens (including phenoxy) is 1. The van der Waals surface area contributed by atoms with Crippen LogP contribution in [0.2, 0.25) is 0 Å². The van der Waals surface area contributed by atoms with Crippen LogP contribution in [0.1, 0.15) is 32.8 Å². The number of nitrogens with one attached hydrogen (secondary N) is 2. The summed E-state index contributed by atoms with van der Waals surface area (Å²) in [6.45, 7) is 6.15. The molecule has 2 aromatic heterocycles. The van der Waals surface area contributed by atoms with Crippen molar-refractivity contribution in [1.29, 1.82) is 0 Å². The Bertz CT molecular complexity index is 1340. The number of fused-ring (bicyclic) bond motifs is 1. The van der Waals surface area contributed by atoms with Crippen molar-refractivity contribution in [2.45, 2.75) is 32.6 Å². The lowest BCUT2D eigenvalue weighted by Gasteiger charge is -2.23. The van der Waals surface area contributed by atoms with Crippen LogP contribution in [0.3, 0.4) is 0 Å². The molecule has 0 spiro atoms. The number of carbonyl (C=O) groups is 1. The zero-order chi connectivity index (χ0) is 22.9. The van der Waals surface area contributed by atoms with Gasteiger partial charge in [-0.1, -0.05) is 49.4 Å². The Morgan fingerprint density at radius 3 is 2.53 bits per heavy atom. The van der Waals surface area contributed by atoms with Gasteiger partial charge in [0.15, 0.2) is 11.2 Å². The lowest BCUT2D eigenvalue weighted by Crippen LogP contribution is -2.21. The molecule has 4 aromatic rings. The summed E-state index contributed by atoms with van der Waals surface area (Å²) in [5, 5.41) is 19.1. The second-order valence-corrected chi connectivity index (χ2v) is 8.10. The predicted molar refractivity (Wildman–Crippen MR) is 120 cm³/mol. The SMILES string of the molecule is CCOc1cc(-c2ccc(C(C)(C)CC(=O)O)cc2)ccc1-c1nc2[nH]nnc2c(=O)[nH]1. The van der Waals surface area contributed by atoms with Crippen molar-refractivity contribution in [2.24, 2.45) is 0 Å². The number of rotatable bonds is 7. The number of H-pyrrole nitrogens is 2. The second kappa shape index (κ2) is 8.26. The highest BCUT2D eigenvalue weighted by molar-refractivity contribution is 5.76. The lowest BCUT2D eigenvalue weighted by atomic mass is 9.81. The predicted octanol–water partition coefficient (Wildman–Crippen LogP) is 3.53. The number of hydrogen-bond acceptors (Lipinski definition) is 6. The summed E-state index contributed by atoms with van der Waals surface area (Å²) in [7, 11) is 0. The minimum absolute atomic E-state index is 0.0525. The molecule has 0 saturated heterocycles. The summed E-state index contributed by atoms with van der Waals surface area (Å²) in [5.74, 6) is 0.108. The van der Waals surface area contributed by atoms with Crippen LogP contribution in [0, 0.1) is 0 Å². The normalized spacial score (nSPS) is 11.6. The fraction of sp³-hybridized carbons (Fsp3) is 0.261. The molecule has 4 rings (SSSR count). The van der Waals surface area contributed by atoms with E-state index >= 15 is 0 Å². The Labute approximate surface area is 183 Å². The van der Waals surface area contributed by atoms with E-state index in [1.165, 1.54) is 0 Å². The van der Waals surface area contributed by atoms with Crippen LogP contribution in [0.5, 0.6) is 5.75 Å². The highest BCUT2D eigenvalue weighted by atomic mass is 16.5. The number of carboxylic acid groups (broad SMARTS) is 1. The van der Waals surface area contributed by atoms with Gasteiger partial charge in [0.1, 0.15) is 11.6 Å². The Hall–Kier alpha value is -4.01. The Morgan fingerprint density at radius 2 is 1.84 bits per heavy atom. The average Bonchev–Trinajstić information content (AvgIpc) is 3.22. The maximum absolute atomic E-state index is 12.3. The van der Waals surface area contributed by atoms with E-state index in [1.54, 1.807) is 0 Å². The van der Waals surface area contributed by atoms with Crippen LogP contribution in [-0.2, 0) is 10.2 Å². The molecule has 32 heavy (non-hydrogen) atoms. The van der Waals surface area contributed by atoms with Crippen LogP contribution in [0.4, 0.5) is 0 Å². The molecule has 9 nitrogen and oxygen atoms in total. The number of carboxylic acids is 1. The van der Waals surface area contributed by atoms with E-state index in [4.69, 9.17) is 9.84 Å². The standard InChI is InChI=1S/C23H23N5O4/c1-4-32-17-11-14(13-5-8-15(9-6-13)23(2,3)12-18(29)30)7-10-16(17)20-24-21-19(22(31)25-20)26-28-27-21/h5-11H,4,12H2,1-3H3,(H,29,30)(H2,24,25,26,27,28,31). The van der Waals surface area contributed by atoms with Gasteiger partial charge < -0.3 is 14.8 Å². The summed E-state index contributed by atoms with van der Waals surface area (Å²) in [4.78, 5) is 30.6. The van der Waals surface area contributed by atoms with Gasteiger partial charge in [0.05, 0.1) is 18.6 Å². The Kier molecular flexibility index (Phi) is 5.48. The van der Waals surface area contributed by atoms with Crippen LogP contribution < -0.4 is 10.3 Å². The summed E-state index contributed by atoms with van der Waals surface area (Å²) >= 11 is 0. The highest BCUT2D eigenvalue weighted by Crippen LogP contribution is 2.34. The number of aromatic amines is 2. The largest absolute Gasteiger partial charge is 0.493 e. The molecule has 0 radical (unpaired) electrons. The van der Waals surface area contributed by atoms with Crippen molar-refractivity contribution in [3.8, 4) is 28.3 Å². The third-order valence-electron chi connectivity index (χ3n) is 5.33. The Morgan fingerprint density at radius 1 is 1.12 bits per heavy atom. The molecule has 0 fully saturated rings. The van der Waals surface area contributed by atoms with Gasteiger partial charge in [0.25, 0.3) is 5.56 Å². The maximum atomic E-state index is 12.3. The summed E-state index contributed by atoms with van der Waals surface area (Å²) in [6, 6.07) is 13.5. The molecule has 2 aromatic carbocycles. The summed E-state index contributed by atoms with van der Waals surface area (Å²) in [5.41, 5.74) is 3.07. The first kappa shape index (κ1) is 21.2. The number of nitrogens with zero attached hydrogens (tertiary/aromatic N) is 3. The molecule has 0 aliphatic heterocycles. The second-order valence-electron chi connectivity index (χ2n) is 8.10. The molecule has 0 amide bonds. The van der Waals surface area contributed by atoms with Gasteiger partial charge in [-0.3, -0.25) is 9.59 Å². The van der Waals surface area contributed by atoms with E-state index in [-0.39, 0.29) is 17.5 Å². The minimum Gasteiger partial charge on any atom is -0.493 e. The van der Waals surface area contributed by atoms with Gasteiger partial charge in [0.2, 0.25) is 0 Å². The van der Waals surface area contributed by atoms with Crippen LogP contribution in [0.15, 0.2) is 47.3 Å². The number of benzene rings is 2. The number of aliphatic carboxylic acids is 1. The highest BCUT2D eigenvalue weighted by Gasteiger charge is 2.24. The van der Waals surface area contributed by atoms with Crippen LogP contribution >= 0.6 is 0 Å². The molecule has 9 heteroatoms. The van der Waals surface area contributed by atoms with Gasteiger partial charge in [-0.15, -0.1) is 5.10 Å². The van der Waals surface area contributed by atoms with Gasteiger partial charge in [-0.2, -0.15) is 0 Å². The van der Waals surface area contributed by atoms with Gasteiger partial charge in [0, 0.05) is 5.41 Å². The van der Waals surface area contributed by atoms with Crippen molar-refractivity contribution in [1.82, 2.24) is 25.4 Å². The van der Waals surface area contributed by atoms with E-state index in [2.05, 4.69) is 25.4 Å². The third kappa shape index (κ3) is 4.09. The maximum Gasteiger partial charge on any atom is 0.304 e. The monoisotopic (exact) mass is 433 g/mol. The van der Waals surface area contributed by atoms with E-state index in [9.17, 15) is 9.59 Å². The fourth-order valence-electron chi connectivity index (χ4n) is 3.65. The molecule has 3 N–H and O–H groups in total. The Balaban J connectivity index is 1.71. The van der Waals surface area contributed by atoms with Crippen molar-refractivity contribution in [2.75, 3.05) is 6.61 Å². The average molecular weight is 433 g/mol. The van der Waals surface area contributed by atoms with Crippen molar-refractivity contribution in [3.63, 3.8) is 0 Å². The molecular formula is C23H23N5O4. The first-order valence-electron chi connectivity index (χ1n) is 10.2. The quantitative estimate of drug-likeness (QED) is 0.406. The van der Waals surface area contributed by atoms with Crippen molar-refractivity contribution >= 4 is 17.1 Å². The first-order valence-corrected chi connectivity index (χ1v) is 10.2. The number of hydrogen-bond donors (Lipinski definition) is 3. The minimum atomic E-state index is -0.827. The summed E-state index contributed by atoms with van der Waals surface area (Å²) < 4.78 is 5.84.